The fraction of sp³-hybridized carbons (Fsp3) is 0.267. The number of amides is 1. The minimum absolute atomic E-state index is 0.207. The Labute approximate surface area is 226 Å². The highest BCUT2D eigenvalue weighted by atomic mass is 16.5. The van der Waals surface area contributed by atoms with Gasteiger partial charge in [0, 0.05) is 24.7 Å². The lowest BCUT2D eigenvalue weighted by Crippen LogP contribution is -2.28. The van der Waals surface area contributed by atoms with Gasteiger partial charge in [0.2, 0.25) is 6.10 Å². The van der Waals surface area contributed by atoms with Crippen molar-refractivity contribution < 1.29 is 24.2 Å². The molecule has 0 saturated heterocycles. The van der Waals surface area contributed by atoms with Crippen molar-refractivity contribution >= 4 is 28.7 Å². The number of carbonyl (C=O) groups is 2. The van der Waals surface area contributed by atoms with Crippen molar-refractivity contribution in [2.75, 3.05) is 19.1 Å². The number of carbonyl (C=O) groups excluding carboxylic acids is 1. The summed E-state index contributed by atoms with van der Waals surface area (Å²) in [6.45, 7) is 2.36. The summed E-state index contributed by atoms with van der Waals surface area (Å²) in [7, 11) is 2.87. The summed E-state index contributed by atoms with van der Waals surface area (Å²) in [6.07, 6.45) is 0.799. The molecule has 202 valence electrons. The third-order valence-electron chi connectivity index (χ3n) is 6.45. The number of nitrogens with zero attached hydrogens (tertiary/aromatic N) is 3. The summed E-state index contributed by atoms with van der Waals surface area (Å²) >= 11 is 0. The quantitative estimate of drug-likeness (QED) is 0.301. The van der Waals surface area contributed by atoms with Gasteiger partial charge in [-0.05, 0) is 42.3 Å². The van der Waals surface area contributed by atoms with E-state index in [1.165, 1.54) is 12.0 Å². The van der Waals surface area contributed by atoms with E-state index >= 15 is 0 Å². The Morgan fingerprint density at radius 2 is 1.77 bits per heavy atom. The van der Waals surface area contributed by atoms with E-state index in [1.807, 2.05) is 6.07 Å². The Kier molecular flexibility index (Phi) is 8.60. The molecule has 9 nitrogen and oxygen atoms in total. The number of aliphatic carboxylic acids is 1. The molecule has 0 aliphatic carbocycles. The summed E-state index contributed by atoms with van der Waals surface area (Å²) in [5.41, 5.74) is 2.25. The van der Waals surface area contributed by atoms with Gasteiger partial charge >= 0.3 is 12.1 Å². The van der Waals surface area contributed by atoms with Crippen molar-refractivity contribution in [3.8, 4) is 5.75 Å². The van der Waals surface area contributed by atoms with E-state index in [9.17, 15) is 19.5 Å². The molecule has 0 spiro atoms. The predicted molar refractivity (Wildman–Crippen MR) is 148 cm³/mol. The van der Waals surface area contributed by atoms with Crippen LogP contribution in [-0.2, 0) is 22.5 Å². The minimum Gasteiger partial charge on any atom is -0.478 e. The Balaban J connectivity index is 1.65. The molecule has 4 rings (SSSR count). The molecule has 1 N–H and O–H groups in total. The fourth-order valence-electron chi connectivity index (χ4n) is 4.28. The molecule has 0 bridgehead atoms. The Morgan fingerprint density at radius 1 is 1.05 bits per heavy atom. The normalized spacial score (nSPS) is 11.7. The van der Waals surface area contributed by atoms with Crippen LogP contribution in [0, 0.1) is 0 Å². The van der Waals surface area contributed by atoms with E-state index < -0.39 is 18.2 Å². The maximum atomic E-state index is 13.7. The third kappa shape index (κ3) is 6.26. The lowest BCUT2D eigenvalue weighted by atomic mass is 10.1. The van der Waals surface area contributed by atoms with Crippen LogP contribution in [0.1, 0.15) is 42.8 Å². The molecular weight excluding hydrogens is 498 g/mol. The van der Waals surface area contributed by atoms with Gasteiger partial charge in [-0.1, -0.05) is 55.8 Å². The maximum Gasteiger partial charge on any atom is 0.413 e. The lowest BCUT2D eigenvalue weighted by Gasteiger charge is -2.18. The maximum absolute atomic E-state index is 13.7. The van der Waals surface area contributed by atoms with E-state index in [2.05, 4.69) is 6.92 Å². The first-order valence-electron chi connectivity index (χ1n) is 12.7. The second-order valence-corrected chi connectivity index (χ2v) is 9.14. The third-order valence-corrected chi connectivity index (χ3v) is 6.45. The number of benzene rings is 3. The van der Waals surface area contributed by atoms with E-state index in [0.717, 1.165) is 18.4 Å². The number of hydrogen-bond donors (Lipinski definition) is 1. The summed E-state index contributed by atoms with van der Waals surface area (Å²) in [4.78, 5) is 43.6. The number of hydrogen-bond acceptors (Lipinski definition) is 6. The average Bonchev–Trinajstić information content (AvgIpc) is 2.96. The first-order valence-corrected chi connectivity index (χ1v) is 12.7. The summed E-state index contributed by atoms with van der Waals surface area (Å²) in [6, 6.07) is 20.9. The van der Waals surface area contributed by atoms with Crippen LogP contribution in [0.25, 0.3) is 10.9 Å². The molecule has 0 saturated carbocycles. The number of aromatic nitrogens is 2. The number of rotatable bonds is 10. The van der Waals surface area contributed by atoms with Crippen molar-refractivity contribution in [2.24, 2.45) is 0 Å². The van der Waals surface area contributed by atoms with Crippen LogP contribution in [0.4, 0.5) is 10.5 Å². The molecule has 0 aliphatic rings. The van der Waals surface area contributed by atoms with E-state index in [1.54, 1.807) is 78.3 Å². The Morgan fingerprint density at radius 3 is 2.41 bits per heavy atom. The largest absolute Gasteiger partial charge is 0.478 e. The zero-order valence-electron chi connectivity index (χ0n) is 22.2. The second kappa shape index (κ2) is 12.3. The monoisotopic (exact) mass is 529 g/mol. The predicted octanol–water partition coefficient (Wildman–Crippen LogP) is 5.19. The smallest absolute Gasteiger partial charge is 0.413 e. The van der Waals surface area contributed by atoms with Gasteiger partial charge in [-0.15, -0.1) is 0 Å². The molecule has 0 fully saturated rings. The number of unbranched alkanes of at least 4 members (excludes halogenated alkanes) is 1. The van der Waals surface area contributed by atoms with Gasteiger partial charge in [0.15, 0.2) is 0 Å². The summed E-state index contributed by atoms with van der Waals surface area (Å²) in [5.74, 6) is -0.00343. The molecule has 9 heteroatoms. The van der Waals surface area contributed by atoms with Crippen LogP contribution < -0.4 is 15.2 Å². The number of carboxylic acids is 1. The highest BCUT2D eigenvalue weighted by Gasteiger charge is 2.22. The second-order valence-electron chi connectivity index (χ2n) is 9.14. The Hall–Kier alpha value is -4.66. The minimum atomic E-state index is -1.14. The molecular formula is C30H31N3O6. The molecule has 39 heavy (non-hydrogen) atoms. The van der Waals surface area contributed by atoms with E-state index in [4.69, 9.17) is 14.5 Å². The van der Waals surface area contributed by atoms with Crippen molar-refractivity contribution in [2.45, 2.75) is 38.8 Å². The van der Waals surface area contributed by atoms with Gasteiger partial charge in [0.25, 0.3) is 5.56 Å². The molecule has 1 atom stereocenters. The molecule has 1 aromatic heterocycles. The Bertz CT molecular complexity index is 1520. The van der Waals surface area contributed by atoms with E-state index in [-0.39, 0.29) is 12.1 Å². The SMILES string of the molecule is CCCCc1nc2ccc(N(C)C(=O)OC)cc2c(=O)n1Cc1ccc(OC(C(=O)O)c2ccccc2)cc1. The highest BCUT2D eigenvalue weighted by Crippen LogP contribution is 2.24. The van der Waals surface area contributed by atoms with Crippen LogP contribution in [0.15, 0.2) is 77.6 Å². The molecule has 3 aromatic carbocycles. The summed E-state index contributed by atoms with van der Waals surface area (Å²) in [5, 5.41) is 10.1. The number of aryl methyl sites for hydroxylation is 1. The molecule has 1 heterocycles. The molecule has 1 unspecified atom stereocenters. The number of methoxy groups -OCH3 is 1. The average molecular weight is 530 g/mol. The van der Waals surface area contributed by atoms with Gasteiger partial charge in [0.1, 0.15) is 11.6 Å². The van der Waals surface area contributed by atoms with Crippen LogP contribution in [0.3, 0.4) is 0 Å². The zero-order chi connectivity index (χ0) is 27.9. The lowest BCUT2D eigenvalue weighted by molar-refractivity contribution is -0.145. The van der Waals surface area contributed by atoms with Gasteiger partial charge in [0.05, 0.1) is 24.6 Å². The van der Waals surface area contributed by atoms with Crippen molar-refractivity contribution in [3.05, 3.63) is 100 Å². The van der Waals surface area contributed by atoms with Crippen LogP contribution in [0.2, 0.25) is 0 Å². The topological polar surface area (TPSA) is 111 Å². The summed E-state index contributed by atoms with van der Waals surface area (Å²) < 4.78 is 12.2. The number of anilines is 1. The first-order chi connectivity index (χ1) is 18.8. The van der Waals surface area contributed by atoms with Gasteiger partial charge in [-0.25, -0.2) is 14.6 Å². The fourth-order valence-corrected chi connectivity index (χ4v) is 4.28. The van der Waals surface area contributed by atoms with Gasteiger partial charge in [-0.2, -0.15) is 0 Å². The van der Waals surface area contributed by atoms with Crippen LogP contribution in [0.5, 0.6) is 5.75 Å². The standard InChI is InChI=1S/C30H31N3O6/c1-4-5-11-26-31-25-17-14-22(32(2)30(37)38-3)18-24(25)28(34)33(26)19-20-12-15-23(16-13-20)39-27(29(35)36)21-9-7-6-8-10-21/h6-10,12-18,27H,4-5,11,19H2,1-3H3,(H,35,36). The highest BCUT2D eigenvalue weighted by molar-refractivity contribution is 5.91. The van der Waals surface area contributed by atoms with Gasteiger partial charge < -0.3 is 14.6 Å². The molecule has 4 aromatic rings. The van der Waals surface area contributed by atoms with E-state index in [0.29, 0.717) is 40.1 Å². The molecule has 0 aliphatic heterocycles. The van der Waals surface area contributed by atoms with Crippen molar-refractivity contribution in [3.63, 3.8) is 0 Å². The van der Waals surface area contributed by atoms with Crippen molar-refractivity contribution in [1.82, 2.24) is 9.55 Å². The number of carboxylic acid groups (broad SMARTS) is 1. The van der Waals surface area contributed by atoms with Crippen LogP contribution >= 0.6 is 0 Å². The molecule has 1 amide bonds. The number of fused-ring (bicyclic) bond motifs is 1. The molecule has 0 radical (unpaired) electrons. The van der Waals surface area contributed by atoms with Crippen LogP contribution in [-0.4, -0.2) is 40.9 Å². The zero-order valence-corrected chi connectivity index (χ0v) is 22.2. The van der Waals surface area contributed by atoms with Gasteiger partial charge in [-0.3, -0.25) is 14.3 Å². The van der Waals surface area contributed by atoms with Crippen molar-refractivity contribution in [1.29, 1.82) is 0 Å². The first kappa shape index (κ1) is 27.4. The number of ether oxygens (including phenoxy) is 2.